The normalized spacial score (nSPS) is 40.7. The van der Waals surface area contributed by atoms with E-state index >= 15 is 8.78 Å². The summed E-state index contributed by atoms with van der Waals surface area (Å²) in [5.41, 5.74) is -3.18. The molecule has 1 aromatic carbocycles. The summed E-state index contributed by atoms with van der Waals surface area (Å²) in [5, 5.41) is -1.26. The van der Waals surface area contributed by atoms with Gasteiger partial charge in [-0.15, -0.1) is 0 Å². The monoisotopic (exact) mass is 394 g/mol. The van der Waals surface area contributed by atoms with Crippen molar-refractivity contribution in [2.45, 2.75) is 73.7 Å². The SMILES string of the molecule is Cc1ccc(S(=O)(=O)[C@H]2[C@@]3([C@H]4C=C[C@]2(C)O4)C(F)(F)C32CCCCC2)cc1. The van der Waals surface area contributed by atoms with Crippen LogP contribution in [0.4, 0.5) is 8.78 Å². The van der Waals surface area contributed by atoms with E-state index in [9.17, 15) is 8.42 Å². The predicted octanol–water partition coefficient (Wildman–Crippen LogP) is 4.45. The molecule has 1 aromatic rings. The van der Waals surface area contributed by atoms with E-state index in [-0.39, 0.29) is 4.90 Å². The fourth-order valence-corrected chi connectivity index (χ4v) is 8.98. The molecule has 1 saturated heterocycles. The maximum absolute atomic E-state index is 15.6. The first kappa shape index (κ1) is 17.8. The zero-order chi connectivity index (χ0) is 19.3. The van der Waals surface area contributed by atoms with Gasteiger partial charge in [-0.25, -0.2) is 17.2 Å². The minimum absolute atomic E-state index is 0.108. The van der Waals surface area contributed by atoms with Gasteiger partial charge in [0.25, 0.3) is 5.92 Å². The number of fused-ring (bicyclic) bond motifs is 4. The van der Waals surface area contributed by atoms with Crippen molar-refractivity contribution >= 4 is 9.84 Å². The highest BCUT2D eigenvalue weighted by molar-refractivity contribution is 7.92. The minimum Gasteiger partial charge on any atom is -0.362 e. The number of hydrogen-bond acceptors (Lipinski definition) is 3. The lowest BCUT2D eigenvalue weighted by molar-refractivity contribution is 0.0123. The molecule has 3 nitrogen and oxygen atoms in total. The Kier molecular flexibility index (Phi) is 3.30. The van der Waals surface area contributed by atoms with Crippen molar-refractivity contribution < 1.29 is 21.9 Å². The van der Waals surface area contributed by atoms with E-state index in [4.69, 9.17) is 4.74 Å². The van der Waals surface area contributed by atoms with Crippen LogP contribution in [0.15, 0.2) is 41.3 Å². The highest BCUT2D eigenvalue weighted by atomic mass is 32.2. The second kappa shape index (κ2) is 5.01. The van der Waals surface area contributed by atoms with Gasteiger partial charge in [-0.1, -0.05) is 49.1 Å². The van der Waals surface area contributed by atoms with Gasteiger partial charge in [-0.3, -0.25) is 0 Å². The zero-order valence-corrected chi connectivity index (χ0v) is 16.4. The van der Waals surface area contributed by atoms with Gasteiger partial charge in [-0.2, -0.15) is 0 Å². The molecule has 2 saturated carbocycles. The van der Waals surface area contributed by atoms with Crippen LogP contribution in [-0.2, 0) is 14.6 Å². The number of benzene rings is 1. The summed E-state index contributed by atoms with van der Waals surface area (Å²) < 4.78 is 64.6. The molecular weight excluding hydrogens is 370 g/mol. The molecule has 2 bridgehead atoms. The van der Waals surface area contributed by atoms with E-state index in [0.29, 0.717) is 12.8 Å². The highest BCUT2D eigenvalue weighted by Crippen LogP contribution is 2.87. The molecule has 0 amide bonds. The van der Waals surface area contributed by atoms with Crippen molar-refractivity contribution in [3.05, 3.63) is 42.0 Å². The van der Waals surface area contributed by atoms with Crippen LogP contribution < -0.4 is 0 Å². The first-order valence-corrected chi connectivity index (χ1v) is 11.2. The largest absolute Gasteiger partial charge is 0.362 e. The van der Waals surface area contributed by atoms with Gasteiger partial charge in [0.2, 0.25) is 0 Å². The fourth-order valence-electron chi connectivity index (χ4n) is 6.45. The Morgan fingerprint density at radius 1 is 1.07 bits per heavy atom. The van der Waals surface area contributed by atoms with Crippen LogP contribution >= 0.6 is 0 Å². The molecule has 5 rings (SSSR count). The van der Waals surface area contributed by atoms with Crippen molar-refractivity contribution in [1.29, 1.82) is 0 Å². The summed E-state index contributed by atoms with van der Waals surface area (Å²) in [6, 6.07) is 6.50. The Balaban J connectivity index is 1.71. The molecule has 0 radical (unpaired) electrons. The molecule has 27 heavy (non-hydrogen) atoms. The second-order valence-electron chi connectivity index (χ2n) is 8.91. The van der Waals surface area contributed by atoms with Crippen LogP contribution in [0.25, 0.3) is 0 Å². The van der Waals surface area contributed by atoms with E-state index < -0.39 is 43.5 Å². The molecule has 2 aliphatic heterocycles. The Bertz CT molecular complexity index is 931. The Hall–Kier alpha value is -1.27. The van der Waals surface area contributed by atoms with Crippen LogP contribution in [0.5, 0.6) is 0 Å². The molecule has 146 valence electrons. The van der Waals surface area contributed by atoms with Crippen LogP contribution in [0.1, 0.15) is 44.6 Å². The predicted molar refractivity (Wildman–Crippen MR) is 97.5 cm³/mol. The molecule has 0 unspecified atom stereocenters. The van der Waals surface area contributed by atoms with Gasteiger partial charge in [-0.05, 0) is 38.8 Å². The number of sulfone groups is 1. The van der Waals surface area contributed by atoms with Crippen molar-refractivity contribution in [3.63, 3.8) is 0 Å². The number of halogens is 2. The summed E-state index contributed by atoms with van der Waals surface area (Å²) in [6.07, 6.45) is 5.67. The van der Waals surface area contributed by atoms with E-state index in [1.807, 2.05) is 6.92 Å². The molecule has 3 fully saturated rings. The highest BCUT2D eigenvalue weighted by Gasteiger charge is 2.99. The zero-order valence-electron chi connectivity index (χ0n) is 15.5. The lowest BCUT2D eigenvalue weighted by Crippen LogP contribution is -2.48. The Morgan fingerprint density at radius 3 is 2.33 bits per heavy atom. The molecule has 2 aliphatic carbocycles. The lowest BCUT2D eigenvalue weighted by atomic mass is 9.72. The third-order valence-corrected chi connectivity index (χ3v) is 9.97. The van der Waals surface area contributed by atoms with Crippen molar-refractivity contribution in [1.82, 2.24) is 0 Å². The van der Waals surface area contributed by atoms with Gasteiger partial charge >= 0.3 is 0 Å². The summed E-state index contributed by atoms with van der Waals surface area (Å²) in [7, 11) is -3.99. The molecule has 0 N–H and O–H groups in total. The summed E-state index contributed by atoms with van der Waals surface area (Å²) in [6.45, 7) is 3.52. The summed E-state index contributed by atoms with van der Waals surface area (Å²) >= 11 is 0. The molecule has 4 atom stereocenters. The number of rotatable bonds is 2. The van der Waals surface area contributed by atoms with Gasteiger partial charge in [0.05, 0.1) is 21.8 Å². The van der Waals surface area contributed by atoms with E-state index in [1.54, 1.807) is 31.2 Å². The number of alkyl halides is 2. The molecule has 4 aliphatic rings. The fraction of sp³-hybridized carbons (Fsp3) is 0.619. The van der Waals surface area contributed by atoms with Crippen LogP contribution in [0, 0.1) is 17.8 Å². The van der Waals surface area contributed by atoms with Crippen LogP contribution in [-0.4, -0.2) is 31.3 Å². The maximum atomic E-state index is 15.6. The summed E-state index contributed by atoms with van der Waals surface area (Å²) in [4.78, 5) is 0.108. The third kappa shape index (κ3) is 1.78. The smallest absolute Gasteiger partial charge is 0.265 e. The maximum Gasteiger partial charge on any atom is 0.265 e. The van der Waals surface area contributed by atoms with Gasteiger partial charge in [0.15, 0.2) is 9.84 Å². The van der Waals surface area contributed by atoms with Gasteiger partial charge in [0.1, 0.15) is 10.9 Å². The Morgan fingerprint density at radius 2 is 1.70 bits per heavy atom. The van der Waals surface area contributed by atoms with E-state index in [1.165, 1.54) is 12.1 Å². The number of ether oxygens (including phenoxy) is 1. The molecule has 0 aromatic heterocycles. The summed E-state index contributed by atoms with van der Waals surface area (Å²) in [5.74, 6) is -3.03. The Labute approximate surface area is 158 Å². The van der Waals surface area contributed by atoms with E-state index in [2.05, 4.69) is 0 Å². The van der Waals surface area contributed by atoms with Crippen molar-refractivity contribution in [2.24, 2.45) is 10.8 Å². The number of aryl methyl sites for hydroxylation is 1. The van der Waals surface area contributed by atoms with E-state index in [0.717, 1.165) is 24.8 Å². The van der Waals surface area contributed by atoms with Crippen molar-refractivity contribution in [2.75, 3.05) is 0 Å². The topological polar surface area (TPSA) is 43.4 Å². The third-order valence-electron chi connectivity index (χ3n) is 7.58. The number of hydrogen-bond donors (Lipinski definition) is 0. The van der Waals surface area contributed by atoms with Gasteiger partial charge in [0, 0.05) is 0 Å². The second-order valence-corrected chi connectivity index (χ2v) is 10.9. The van der Waals surface area contributed by atoms with Crippen LogP contribution in [0.2, 0.25) is 0 Å². The van der Waals surface area contributed by atoms with Crippen molar-refractivity contribution in [3.8, 4) is 0 Å². The quantitative estimate of drug-likeness (QED) is 0.696. The lowest BCUT2D eigenvalue weighted by Gasteiger charge is -2.34. The average molecular weight is 394 g/mol. The molecule has 2 heterocycles. The molecule has 6 heteroatoms. The first-order valence-electron chi connectivity index (χ1n) is 9.69. The standard InChI is InChI=1S/C21H24F2O3S/c1-14-6-8-15(9-7-14)27(24,25)17-18(2)13-10-16(26-18)20(17)19(21(20,22)23)11-4-3-5-12-19/h6-10,13,16-17H,3-5,11-12H2,1-2H3/t16-,17-,18+,20-/m1/s1. The molecular formula is C21H24F2O3S. The molecule has 2 spiro atoms. The average Bonchev–Trinajstić information content (AvgIpc) is 2.97. The first-order chi connectivity index (χ1) is 12.6. The van der Waals surface area contributed by atoms with Crippen LogP contribution in [0.3, 0.4) is 0 Å². The minimum atomic E-state index is -3.99. The van der Waals surface area contributed by atoms with Gasteiger partial charge < -0.3 is 4.74 Å².